The van der Waals surface area contributed by atoms with Crippen LogP contribution in [0.4, 0.5) is 11.5 Å². The third-order valence-corrected chi connectivity index (χ3v) is 7.38. The number of fused-ring (bicyclic) bond motifs is 3. The normalized spacial score (nSPS) is 18.2. The number of hydrogen-bond donors (Lipinski definition) is 0. The number of ether oxygens (including phenoxy) is 2. The molecule has 0 spiro atoms. The predicted molar refractivity (Wildman–Crippen MR) is 136 cm³/mol. The summed E-state index contributed by atoms with van der Waals surface area (Å²) in [6.07, 6.45) is 7.80. The molecule has 0 bridgehead atoms. The van der Waals surface area contributed by atoms with Crippen LogP contribution in [0.2, 0.25) is 5.02 Å². The predicted octanol–water partition coefficient (Wildman–Crippen LogP) is 4.10. The van der Waals surface area contributed by atoms with Crippen LogP contribution >= 0.6 is 11.6 Å². The van der Waals surface area contributed by atoms with E-state index >= 15 is 0 Å². The van der Waals surface area contributed by atoms with Crippen molar-refractivity contribution >= 4 is 40.2 Å². The first kappa shape index (κ1) is 23.7. The van der Waals surface area contributed by atoms with E-state index in [4.69, 9.17) is 26.1 Å². The van der Waals surface area contributed by atoms with Gasteiger partial charge in [-0.25, -0.2) is 15.0 Å². The number of rotatable bonds is 5. The Labute approximate surface area is 210 Å². The van der Waals surface area contributed by atoms with Crippen LogP contribution in [0.3, 0.4) is 0 Å². The first-order valence-electron chi connectivity index (χ1n) is 12.2. The van der Waals surface area contributed by atoms with Crippen molar-refractivity contribution in [2.24, 2.45) is 5.92 Å². The van der Waals surface area contributed by atoms with Gasteiger partial charge in [-0.1, -0.05) is 18.0 Å². The number of piperidine rings is 1. The number of aromatic nitrogens is 4. The number of nitrogens with zero attached hydrogens (tertiary/aromatic N) is 6. The number of benzene rings is 1. The van der Waals surface area contributed by atoms with Crippen molar-refractivity contribution < 1.29 is 14.3 Å². The number of carbonyl (C=O) groups is 1. The molecule has 0 unspecified atom stereocenters. The molecule has 1 saturated heterocycles. The molecule has 1 fully saturated rings. The minimum Gasteiger partial charge on any atom is -0.495 e. The van der Waals surface area contributed by atoms with E-state index in [2.05, 4.69) is 19.4 Å². The number of hydrogen-bond acceptors (Lipinski definition) is 7. The highest BCUT2D eigenvalue weighted by molar-refractivity contribution is 6.32. The molecule has 1 aromatic carbocycles. The fourth-order valence-electron chi connectivity index (χ4n) is 5.23. The Balaban J connectivity index is 1.40. The van der Waals surface area contributed by atoms with Crippen LogP contribution < -0.4 is 19.3 Å². The average Bonchev–Trinajstić information content (AvgIpc) is 3.08. The monoisotopic (exact) mass is 498 g/mol. The number of imidazole rings is 1. The van der Waals surface area contributed by atoms with Crippen LogP contribution in [-0.2, 0) is 17.8 Å². The van der Waals surface area contributed by atoms with Gasteiger partial charge in [-0.2, -0.15) is 0 Å². The molecule has 2 aliphatic heterocycles. The van der Waals surface area contributed by atoms with Crippen LogP contribution in [0.25, 0.3) is 11.2 Å². The largest absolute Gasteiger partial charge is 0.495 e. The van der Waals surface area contributed by atoms with Crippen molar-refractivity contribution in [3.8, 4) is 11.5 Å². The Kier molecular flexibility index (Phi) is 6.69. The third kappa shape index (κ3) is 4.37. The number of carbonyl (C=O) groups excluding carboxylic acids is 1. The molecule has 0 aliphatic carbocycles. The molecule has 0 N–H and O–H groups in total. The van der Waals surface area contributed by atoms with Crippen molar-refractivity contribution in [1.29, 1.82) is 0 Å². The molecule has 2 aromatic heterocycles. The van der Waals surface area contributed by atoms with E-state index in [9.17, 15) is 4.79 Å². The molecule has 1 amide bonds. The van der Waals surface area contributed by atoms with E-state index in [-0.39, 0.29) is 11.8 Å². The van der Waals surface area contributed by atoms with E-state index < -0.39 is 0 Å². The van der Waals surface area contributed by atoms with E-state index in [1.807, 2.05) is 0 Å². The zero-order valence-corrected chi connectivity index (χ0v) is 21.2. The molecule has 3 aromatic rings. The lowest BCUT2D eigenvalue weighted by molar-refractivity contribution is -0.122. The average molecular weight is 499 g/mol. The molecule has 0 radical (unpaired) electrons. The molecular weight excluding hydrogens is 468 g/mol. The molecule has 2 aliphatic rings. The fraction of sp³-hybridized carbons (Fsp3) is 0.520. The molecule has 186 valence electrons. The molecule has 10 heteroatoms. The Morgan fingerprint density at radius 2 is 1.91 bits per heavy atom. The van der Waals surface area contributed by atoms with Gasteiger partial charge in [0.15, 0.2) is 17.0 Å². The van der Waals surface area contributed by atoms with Gasteiger partial charge in [0.05, 0.1) is 30.8 Å². The van der Waals surface area contributed by atoms with E-state index in [0.717, 1.165) is 68.0 Å². The Hall–Kier alpha value is -3.07. The van der Waals surface area contributed by atoms with E-state index in [1.54, 1.807) is 44.6 Å². The van der Waals surface area contributed by atoms with Crippen LogP contribution in [-0.4, -0.2) is 59.8 Å². The zero-order chi connectivity index (χ0) is 24.5. The maximum atomic E-state index is 13.6. The van der Waals surface area contributed by atoms with Crippen molar-refractivity contribution in [1.82, 2.24) is 19.5 Å². The molecule has 5 rings (SSSR count). The lowest BCUT2D eigenvalue weighted by atomic mass is 9.96. The van der Waals surface area contributed by atoms with Crippen molar-refractivity contribution in [2.75, 3.05) is 44.2 Å². The van der Waals surface area contributed by atoms with Crippen LogP contribution in [0, 0.1) is 5.92 Å². The van der Waals surface area contributed by atoms with Gasteiger partial charge < -0.3 is 23.8 Å². The van der Waals surface area contributed by atoms with Gasteiger partial charge in [0.25, 0.3) is 0 Å². The van der Waals surface area contributed by atoms with Gasteiger partial charge in [-0.15, -0.1) is 0 Å². The van der Waals surface area contributed by atoms with E-state index in [1.165, 1.54) is 6.42 Å². The second-order valence-corrected chi connectivity index (χ2v) is 9.61. The van der Waals surface area contributed by atoms with Crippen molar-refractivity contribution in [2.45, 2.75) is 45.1 Å². The summed E-state index contributed by atoms with van der Waals surface area (Å²) in [5.74, 6) is 2.77. The third-order valence-electron chi connectivity index (χ3n) is 7.09. The second kappa shape index (κ2) is 9.89. The molecular formula is C25H31ClN6O3. The van der Waals surface area contributed by atoms with Crippen molar-refractivity contribution in [3.63, 3.8) is 0 Å². The number of methoxy groups -OCH3 is 2. The standard InChI is InChI=1S/C25H31ClN6O3/c1-30(18-12-17(26)19(34-2)13-20(18)35-3)25(33)16-8-7-10-31(14-16)23-22-24(28-15-27-23)32-11-6-4-5-9-21(32)29-22/h12-13,15-16H,4-11,14H2,1-3H3/t16-/m0/s1. The van der Waals surface area contributed by atoms with Crippen LogP contribution in [0.5, 0.6) is 11.5 Å². The summed E-state index contributed by atoms with van der Waals surface area (Å²) < 4.78 is 13.1. The summed E-state index contributed by atoms with van der Waals surface area (Å²) in [7, 11) is 4.88. The minimum atomic E-state index is -0.190. The summed E-state index contributed by atoms with van der Waals surface area (Å²) in [5.41, 5.74) is 2.35. The van der Waals surface area contributed by atoms with Gasteiger partial charge in [0, 0.05) is 39.2 Å². The smallest absolute Gasteiger partial charge is 0.231 e. The summed E-state index contributed by atoms with van der Waals surface area (Å²) >= 11 is 6.36. The summed E-state index contributed by atoms with van der Waals surface area (Å²) in [6.45, 7) is 2.35. The maximum absolute atomic E-state index is 13.6. The quantitative estimate of drug-likeness (QED) is 0.523. The maximum Gasteiger partial charge on any atom is 0.231 e. The van der Waals surface area contributed by atoms with Gasteiger partial charge in [0.2, 0.25) is 5.91 Å². The molecule has 4 heterocycles. The first-order valence-corrected chi connectivity index (χ1v) is 12.5. The highest BCUT2D eigenvalue weighted by atomic mass is 35.5. The van der Waals surface area contributed by atoms with Crippen molar-refractivity contribution in [3.05, 3.63) is 29.3 Å². The lowest BCUT2D eigenvalue weighted by Crippen LogP contribution is -2.44. The van der Waals surface area contributed by atoms with Gasteiger partial charge >= 0.3 is 0 Å². The van der Waals surface area contributed by atoms with Gasteiger partial charge in [-0.05, 0) is 31.7 Å². The van der Waals surface area contributed by atoms with Gasteiger partial charge in [-0.3, -0.25) is 4.79 Å². The first-order chi connectivity index (χ1) is 17.0. The molecule has 0 saturated carbocycles. The number of halogens is 1. The van der Waals surface area contributed by atoms with Crippen LogP contribution in [0.1, 0.15) is 37.9 Å². The Morgan fingerprint density at radius 1 is 1.09 bits per heavy atom. The summed E-state index contributed by atoms with van der Waals surface area (Å²) in [5, 5.41) is 0.427. The SMILES string of the molecule is COc1cc(OC)c(N(C)C(=O)[C@H]2CCCN(c3ncnc4c3nc3n4CCCCC3)C2)cc1Cl. The molecule has 35 heavy (non-hydrogen) atoms. The second-order valence-electron chi connectivity index (χ2n) is 9.20. The highest BCUT2D eigenvalue weighted by Crippen LogP contribution is 2.39. The van der Waals surface area contributed by atoms with Gasteiger partial charge in [0.1, 0.15) is 23.7 Å². The fourth-order valence-corrected chi connectivity index (χ4v) is 5.46. The summed E-state index contributed by atoms with van der Waals surface area (Å²) in [4.78, 5) is 31.5. The van der Waals surface area contributed by atoms with E-state index in [0.29, 0.717) is 28.8 Å². The Morgan fingerprint density at radius 3 is 2.71 bits per heavy atom. The topological polar surface area (TPSA) is 85.6 Å². The Bertz CT molecular complexity index is 1250. The molecule has 9 nitrogen and oxygen atoms in total. The molecule has 1 atom stereocenters. The van der Waals surface area contributed by atoms with Crippen LogP contribution in [0.15, 0.2) is 18.5 Å². The lowest BCUT2D eigenvalue weighted by Gasteiger charge is -2.35. The summed E-state index contributed by atoms with van der Waals surface area (Å²) in [6, 6.07) is 3.42. The highest BCUT2D eigenvalue weighted by Gasteiger charge is 2.32. The number of aryl methyl sites for hydroxylation is 2. The minimum absolute atomic E-state index is 0.0140. The zero-order valence-electron chi connectivity index (χ0n) is 20.5. The number of anilines is 2. The number of amides is 1.